The van der Waals surface area contributed by atoms with Gasteiger partial charge < -0.3 is 19.9 Å². The minimum Gasteiger partial charge on any atom is -0.505 e. The van der Waals surface area contributed by atoms with Gasteiger partial charge in [-0.15, -0.1) is 0 Å². The lowest BCUT2D eigenvalue weighted by atomic mass is 9.87. The molecule has 0 aliphatic carbocycles. The normalized spacial score (nSPS) is 11.3. The molecule has 8 nitrogen and oxygen atoms in total. The maximum Gasteiger partial charge on any atom is 0.325 e. The first-order valence-corrected chi connectivity index (χ1v) is 9.74. The molecular formula is C23H25N3O5. The number of amides is 1. The molecule has 0 atom stereocenters. The van der Waals surface area contributed by atoms with Crippen molar-refractivity contribution in [3.63, 3.8) is 0 Å². The van der Waals surface area contributed by atoms with Crippen LogP contribution in [0.15, 0.2) is 36.4 Å². The molecule has 0 aliphatic rings. The van der Waals surface area contributed by atoms with Crippen molar-refractivity contribution in [2.45, 2.75) is 33.1 Å². The van der Waals surface area contributed by atoms with Crippen LogP contribution in [0.5, 0.6) is 17.4 Å². The number of aromatic hydroxyl groups is 1. The molecule has 0 bridgehead atoms. The largest absolute Gasteiger partial charge is 0.505 e. The van der Waals surface area contributed by atoms with E-state index in [4.69, 9.17) is 4.74 Å². The SMILES string of the molecule is COC(=O)CNC(=O)c1nc(C)c2nc(Oc3ccc(C(C)(C)C)cc3)ccc2c1O. The molecule has 0 fully saturated rings. The predicted octanol–water partition coefficient (Wildman–Crippen LogP) is 3.64. The minimum absolute atomic E-state index is 0.0425. The second-order valence-corrected chi connectivity index (χ2v) is 8.08. The fourth-order valence-electron chi connectivity index (χ4n) is 2.98. The number of fused-ring (bicyclic) bond motifs is 1. The third-order valence-corrected chi connectivity index (χ3v) is 4.75. The van der Waals surface area contributed by atoms with Crippen molar-refractivity contribution in [3.05, 3.63) is 53.3 Å². The molecule has 1 aromatic carbocycles. The number of benzene rings is 1. The first-order valence-electron chi connectivity index (χ1n) is 9.74. The Morgan fingerprint density at radius 2 is 1.74 bits per heavy atom. The van der Waals surface area contributed by atoms with Crippen molar-refractivity contribution in [1.29, 1.82) is 0 Å². The van der Waals surface area contributed by atoms with Gasteiger partial charge in [-0.05, 0) is 36.1 Å². The number of esters is 1. The summed E-state index contributed by atoms with van der Waals surface area (Å²) in [7, 11) is 1.22. The fraction of sp³-hybridized carbons (Fsp3) is 0.304. The van der Waals surface area contributed by atoms with Gasteiger partial charge in [0.05, 0.1) is 18.3 Å². The molecule has 0 saturated heterocycles. The summed E-state index contributed by atoms with van der Waals surface area (Å²) in [5.41, 5.74) is 1.88. The Hall–Kier alpha value is -3.68. The van der Waals surface area contributed by atoms with Gasteiger partial charge in [-0.1, -0.05) is 32.9 Å². The van der Waals surface area contributed by atoms with Gasteiger partial charge >= 0.3 is 5.97 Å². The van der Waals surface area contributed by atoms with E-state index in [0.717, 1.165) is 0 Å². The number of aromatic nitrogens is 2. The summed E-state index contributed by atoms with van der Waals surface area (Å²) in [4.78, 5) is 32.1. The van der Waals surface area contributed by atoms with Crippen LogP contribution in [0.1, 0.15) is 42.5 Å². The summed E-state index contributed by atoms with van der Waals surface area (Å²) < 4.78 is 10.3. The third kappa shape index (κ3) is 4.91. The van der Waals surface area contributed by atoms with Crippen LogP contribution in [0.25, 0.3) is 10.9 Å². The first kappa shape index (κ1) is 22.0. The van der Waals surface area contributed by atoms with E-state index in [1.807, 2.05) is 24.3 Å². The zero-order valence-corrected chi connectivity index (χ0v) is 18.1. The van der Waals surface area contributed by atoms with E-state index in [-0.39, 0.29) is 23.4 Å². The van der Waals surface area contributed by atoms with Crippen LogP contribution in [0, 0.1) is 6.92 Å². The molecule has 31 heavy (non-hydrogen) atoms. The molecule has 8 heteroatoms. The Kier molecular flexibility index (Phi) is 6.10. The number of aryl methyl sites for hydroxylation is 1. The van der Waals surface area contributed by atoms with E-state index >= 15 is 0 Å². The average Bonchev–Trinajstić information content (AvgIpc) is 2.74. The smallest absolute Gasteiger partial charge is 0.325 e. The highest BCUT2D eigenvalue weighted by Crippen LogP contribution is 2.31. The topological polar surface area (TPSA) is 111 Å². The van der Waals surface area contributed by atoms with Crippen LogP contribution in [0.3, 0.4) is 0 Å². The van der Waals surface area contributed by atoms with E-state index in [2.05, 4.69) is 40.8 Å². The van der Waals surface area contributed by atoms with E-state index in [0.29, 0.717) is 28.2 Å². The minimum atomic E-state index is -0.688. The van der Waals surface area contributed by atoms with Crippen LogP contribution >= 0.6 is 0 Å². The van der Waals surface area contributed by atoms with E-state index < -0.39 is 11.9 Å². The van der Waals surface area contributed by atoms with Crippen molar-refractivity contribution in [1.82, 2.24) is 15.3 Å². The molecule has 3 rings (SSSR count). The van der Waals surface area contributed by atoms with Gasteiger partial charge in [0.15, 0.2) is 11.4 Å². The van der Waals surface area contributed by atoms with Crippen LogP contribution in [-0.4, -0.2) is 40.6 Å². The molecule has 0 aliphatic heterocycles. The van der Waals surface area contributed by atoms with E-state index in [1.165, 1.54) is 12.7 Å². The number of hydrogen-bond acceptors (Lipinski definition) is 7. The third-order valence-electron chi connectivity index (χ3n) is 4.75. The number of nitrogens with zero attached hydrogens (tertiary/aromatic N) is 2. The maximum absolute atomic E-state index is 12.3. The number of rotatable bonds is 5. The lowest BCUT2D eigenvalue weighted by molar-refractivity contribution is -0.139. The lowest BCUT2D eigenvalue weighted by Gasteiger charge is -2.19. The zero-order chi connectivity index (χ0) is 22.8. The zero-order valence-electron chi connectivity index (χ0n) is 18.1. The Bertz CT molecular complexity index is 1130. The number of methoxy groups -OCH3 is 1. The highest BCUT2D eigenvalue weighted by atomic mass is 16.5. The molecule has 0 spiro atoms. The second-order valence-electron chi connectivity index (χ2n) is 8.08. The summed E-state index contributed by atoms with van der Waals surface area (Å²) in [6, 6.07) is 11.0. The molecule has 2 heterocycles. The molecule has 0 radical (unpaired) electrons. The molecule has 3 aromatic rings. The summed E-state index contributed by atoms with van der Waals surface area (Å²) in [5.74, 6) is -0.648. The lowest BCUT2D eigenvalue weighted by Crippen LogP contribution is -2.31. The standard InChI is InChI=1S/C23H25N3O5/c1-13-19-16(21(28)20(25-13)22(29)24-12-18(27)30-5)10-11-17(26-19)31-15-8-6-14(7-9-15)23(2,3)4/h6-11,28H,12H2,1-5H3,(H,24,29). The van der Waals surface area contributed by atoms with Gasteiger partial charge in [0.2, 0.25) is 5.88 Å². The molecule has 1 amide bonds. The van der Waals surface area contributed by atoms with Gasteiger partial charge in [-0.3, -0.25) is 9.59 Å². The van der Waals surface area contributed by atoms with Crippen molar-refractivity contribution < 1.29 is 24.2 Å². The Morgan fingerprint density at radius 1 is 1.06 bits per heavy atom. The van der Waals surface area contributed by atoms with Crippen molar-refractivity contribution in [3.8, 4) is 17.4 Å². The molecule has 0 unspecified atom stereocenters. The fourth-order valence-corrected chi connectivity index (χ4v) is 2.98. The van der Waals surface area contributed by atoms with Crippen LogP contribution < -0.4 is 10.1 Å². The molecule has 2 N–H and O–H groups in total. The van der Waals surface area contributed by atoms with E-state index in [1.54, 1.807) is 19.1 Å². The Balaban J connectivity index is 1.87. The summed E-state index contributed by atoms with van der Waals surface area (Å²) in [6.07, 6.45) is 0. The number of carbonyl (C=O) groups excluding carboxylic acids is 2. The van der Waals surface area contributed by atoms with Gasteiger partial charge in [-0.25, -0.2) is 9.97 Å². The van der Waals surface area contributed by atoms with Crippen LogP contribution in [0.2, 0.25) is 0 Å². The molecular weight excluding hydrogens is 398 g/mol. The number of nitrogens with one attached hydrogen (secondary N) is 1. The van der Waals surface area contributed by atoms with Gasteiger partial charge in [-0.2, -0.15) is 0 Å². The number of ether oxygens (including phenoxy) is 2. The maximum atomic E-state index is 12.3. The molecule has 2 aromatic heterocycles. The second kappa shape index (κ2) is 8.59. The van der Waals surface area contributed by atoms with Crippen molar-refractivity contribution >= 4 is 22.8 Å². The van der Waals surface area contributed by atoms with Crippen LogP contribution in [0.4, 0.5) is 0 Å². The highest BCUT2D eigenvalue weighted by molar-refractivity contribution is 6.02. The van der Waals surface area contributed by atoms with Crippen LogP contribution in [-0.2, 0) is 14.9 Å². The predicted molar refractivity (Wildman–Crippen MR) is 116 cm³/mol. The summed E-state index contributed by atoms with van der Waals surface area (Å²) in [5, 5.41) is 13.2. The quantitative estimate of drug-likeness (QED) is 0.603. The summed E-state index contributed by atoms with van der Waals surface area (Å²) >= 11 is 0. The first-order chi connectivity index (χ1) is 14.6. The van der Waals surface area contributed by atoms with Gasteiger partial charge in [0, 0.05) is 11.5 Å². The van der Waals surface area contributed by atoms with E-state index in [9.17, 15) is 14.7 Å². The Morgan fingerprint density at radius 3 is 2.35 bits per heavy atom. The van der Waals surface area contributed by atoms with Crippen molar-refractivity contribution in [2.75, 3.05) is 13.7 Å². The van der Waals surface area contributed by atoms with Crippen molar-refractivity contribution in [2.24, 2.45) is 0 Å². The summed E-state index contributed by atoms with van der Waals surface area (Å²) in [6.45, 7) is 7.76. The number of carbonyl (C=O) groups is 2. The number of hydrogen-bond donors (Lipinski definition) is 2. The average molecular weight is 423 g/mol. The molecule has 0 saturated carbocycles. The van der Waals surface area contributed by atoms with Gasteiger partial charge in [0.1, 0.15) is 12.3 Å². The monoisotopic (exact) mass is 423 g/mol. The highest BCUT2D eigenvalue weighted by Gasteiger charge is 2.20. The Labute approximate surface area is 180 Å². The number of pyridine rings is 2. The molecule has 162 valence electrons. The van der Waals surface area contributed by atoms with Gasteiger partial charge in [0.25, 0.3) is 5.91 Å².